The van der Waals surface area contributed by atoms with Crippen molar-refractivity contribution in [3.63, 3.8) is 0 Å². The normalized spacial score (nSPS) is 15.3. The fraction of sp³-hybridized carbons (Fsp3) is 0.467. The molecule has 1 saturated heterocycles. The minimum Gasteiger partial charge on any atom is -0.480 e. The molecular formula is C15H21N3O3. The first kappa shape index (κ1) is 15.2. The van der Waals surface area contributed by atoms with Crippen LogP contribution in [0.4, 0.5) is 16.2 Å². The van der Waals surface area contributed by atoms with Crippen LogP contribution in [0.2, 0.25) is 0 Å². The van der Waals surface area contributed by atoms with E-state index in [4.69, 9.17) is 10.8 Å². The Balaban J connectivity index is 2.24. The Bertz CT molecular complexity index is 511. The summed E-state index contributed by atoms with van der Waals surface area (Å²) in [5.41, 5.74) is 6.75. The zero-order valence-corrected chi connectivity index (χ0v) is 12.0. The molecule has 1 aromatic carbocycles. The van der Waals surface area contributed by atoms with Gasteiger partial charge in [-0.2, -0.15) is 0 Å². The third-order valence-corrected chi connectivity index (χ3v) is 3.63. The predicted octanol–water partition coefficient (Wildman–Crippen LogP) is 2.16. The van der Waals surface area contributed by atoms with E-state index in [0.717, 1.165) is 25.7 Å². The maximum Gasteiger partial charge on any atom is 0.325 e. The molecule has 114 valence electrons. The molecule has 2 amide bonds. The van der Waals surface area contributed by atoms with Crippen molar-refractivity contribution < 1.29 is 14.7 Å². The molecule has 0 aromatic heterocycles. The second kappa shape index (κ2) is 6.97. The molecule has 0 aliphatic carbocycles. The molecule has 0 spiro atoms. The van der Waals surface area contributed by atoms with Gasteiger partial charge in [-0.3, -0.25) is 9.69 Å². The number of aliphatic carboxylic acids is 1. The monoisotopic (exact) mass is 291 g/mol. The molecule has 1 aromatic rings. The number of nitrogens with zero attached hydrogens (tertiary/aromatic N) is 2. The summed E-state index contributed by atoms with van der Waals surface area (Å²) in [5.74, 6) is -1.05. The van der Waals surface area contributed by atoms with E-state index in [1.807, 2.05) is 0 Å². The molecule has 1 fully saturated rings. The van der Waals surface area contributed by atoms with Crippen LogP contribution in [-0.2, 0) is 4.79 Å². The van der Waals surface area contributed by atoms with Gasteiger partial charge in [-0.15, -0.1) is 0 Å². The number of likely N-dealkylation sites (tertiary alicyclic amines) is 1. The average molecular weight is 291 g/mol. The highest BCUT2D eigenvalue weighted by Gasteiger charge is 2.26. The van der Waals surface area contributed by atoms with Crippen molar-refractivity contribution in [3.8, 4) is 0 Å². The van der Waals surface area contributed by atoms with Crippen LogP contribution in [0.5, 0.6) is 0 Å². The van der Waals surface area contributed by atoms with E-state index >= 15 is 0 Å². The number of para-hydroxylation sites is 2. The molecule has 0 radical (unpaired) electrons. The standard InChI is InChI=1S/C15H21N3O3/c16-12-7-3-4-8-13(12)18(11-14(19)20)15(21)17-9-5-1-2-6-10-17/h3-4,7-8H,1-2,5-6,9-11,16H2,(H,19,20). The second-order valence-electron chi connectivity index (χ2n) is 5.22. The number of urea groups is 1. The number of hydrogen-bond donors (Lipinski definition) is 2. The molecule has 1 aliphatic rings. The molecule has 2 rings (SSSR count). The summed E-state index contributed by atoms with van der Waals surface area (Å²) in [6.07, 6.45) is 4.13. The van der Waals surface area contributed by atoms with Gasteiger partial charge in [-0.05, 0) is 25.0 Å². The third-order valence-electron chi connectivity index (χ3n) is 3.63. The Hall–Kier alpha value is -2.24. The summed E-state index contributed by atoms with van der Waals surface area (Å²) in [6.45, 7) is 0.951. The van der Waals surface area contributed by atoms with Gasteiger partial charge in [-0.25, -0.2) is 4.79 Å². The number of benzene rings is 1. The lowest BCUT2D eigenvalue weighted by Crippen LogP contribution is -2.46. The summed E-state index contributed by atoms with van der Waals surface area (Å²) >= 11 is 0. The predicted molar refractivity (Wildman–Crippen MR) is 81.3 cm³/mol. The minimum atomic E-state index is -1.05. The van der Waals surface area contributed by atoms with Crippen LogP contribution in [-0.4, -0.2) is 41.6 Å². The number of carboxylic acids is 1. The molecule has 6 nitrogen and oxygen atoms in total. The Labute approximate surface area is 124 Å². The van der Waals surface area contributed by atoms with Crippen molar-refractivity contribution in [2.75, 3.05) is 30.3 Å². The molecule has 0 bridgehead atoms. The number of nitrogen functional groups attached to an aromatic ring is 1. The highest BCUT2D eigenvalue weighted by molar-refractivity contribution is 5.98. The molecule has 6 heteroatoms. The van der Waals surface area contributed by atoms with Gasteiger partial charge in [-0.1, -0.05) is 25.0 Å². The number of nitrogens with two attached hydrogens (primary N) is 1. The van der Waals surface area contributed by atoms with Crippen molar-refractivity contribution in [2.24, 2.45) is 0 Å². The first-order chi connectivity index (χ1) is 10.1. The topological polar surface area (TPSA) is 86.9 Å². The fourth-order valence-electron chi connectivity index (χ4n) is 2.56. The summed E-state index contributed by atoms with van der Waals surface area (Å²) in [5, 5.41) is 9.09. The summed E-state index contributed by atoms with van der Waals surface area (Å²) in [7, 11) is 0. The SMILES string of the molecule is Nc1ccccc1N(CC(=O)O)C(=O)N1CCCCCC1. The van der Waals surface area contributed by atoms with E-state index in [-0.39, 0.29) is 12.6 Å². The zero-order valence-electron chi connectivity index (χ0n) is 12.0. The van der Waals surface area contributed by atoms with Gasteiger partial charge in [0.25, 0.3) is 0 Å². The number of anilines is 2. The zero-order chi connectivity index (χ0) is 15.2. The second-order valence-corrected chi connectivity index (χ2v) is 5.22. The van der Waals surface area contributed by atoms with E-state index in [1.54, 1.807) is 29.2 Å². The number of amides is 2. The molecule has 1 aliphatic heterocycles. The number of carbonyl (C=O) groups is 2. The Morgan fingerprint density at radius 2 is 1.76 bits per heavy atom. The van der Waals surface area contributed by atoms with Crippen molar-refractivity contribution in [1.29, 1.82) is 0 Å². The van der Waals surface area contributed by atoms with Gasteiger partial charge in [0.2, 0.25) is 0 Å². The Morgan fingerprint density at radius 3 is 2.33 bits per heavy atom. The average Bonchev–Trinajstić information content (AvgIpc) is 2.74. The van der Waals surface area contributed by atoms with Crippen molar-refractivity contribution in [1.82, 2.24) is 4.90 Å². The van der Waals surface area contributed by atoms with Gasteiger partial charge in [0.1, 0.15) is 6.54 Å². The van der Waals surface area contributed by atoms with Crippen LogP contribution in [0.1, 0.15) is 25.7 Å². The Kier molecular flexibility index (Phi) is 5.03. The lowest BCUT2D eigenvalue weighted by molar-refractivity contribution is -0.135. The quantitative estimate of drug-likeness (QED) is 0.835. The number of rotatable bonds is 3. The molecule has 0 atom stereocenters. The first-order valence-corrected chi connectivity index (χ1v) is 7.22. The van der Waals surface area contributed by atoms with Gasteiger partial charge >= 0.3 is 12.0 Å². The minimum absolute atomic E-state index is 0.280. The van der Waals surface area contributed by atoms with Gasteiger partial charge < -0.3 is 15.7 Å². The van der Waals surface area contributed by atoms with Crippen LogP contribution in [0, 0.1) is 0 Å². The molecule has 3 N–H and O–H groups in total. The first-order valence-electron chi connectivity index (χ1n) is 7.22. The number of carbonyl (C=O) groups excluding carboxylic acids is 1. The smallest absolute Gasteiger partial charge is 0.325 e. The molecular weight excluding hydrogens is 270 g/mol. The summed E-state index contributed by atoms with van der Waals surface area (Å²) < 4.78 is 0. The lowest BCUT2D eigenvalue weighted by Gasteiger charge is -2.29. The van der Waals surface area contributed by atoms with Crippen LogP contribution < -0.4 is 10.6 Å². The van der Waals surface area contributed by atoms with Crippen molar-refractivity contribution in [3.05, 3.63) is 24.3 Å². The Morgan fingerprint density at radius 1 is 1.14 bits per heavy atom. The molecule has 1 heterocycles. The van der Waals surface area contributed by atoms with Crippen molar-refractivity contribution >= 4 is 23.4 Å². The van der Waals surface area contributed by atoms with Crippen LogP contribution in [0.3, 0.4) is 0 Å². The van der Waals surface area contributed by atoms with Crippen LogP contribution in [0.15, 0.2) is 24.3 Å². The van der Waals surface area contributed by atoms with Gasteiger partial charge in [0, 0.05) is 13.1 Å². The lowest BCUT2D eigenvalue weighted by atomic mass is 10.2. The summed E-state index contributed by atoms with van der Waals surface area (Å²) in [4.78, 5) is 26.7. The molecule has 0 saturated carbocycles. The maximum atomic E-state index is 12.7. The van der Waals surface area contributed by atoms with E-state index in [1.165, 1.54) is 4.90 Å². The van der Waals surface area contributed by atoms with E-state index in [2.05, 4.69) is 0 Å². The largest absolute Gasteiger partial charge is 0.480 e. The highest BCUT2D eigenvalue weighted by Crippen LogP contribution is 2.24. The summed E-state index contributed by atoms with van der Waals surface area (Å²) in [6, 6.07) is 6.57. The number of carboxylic acid groups (broad SMARTS) is 1. The molecule has 0 unspecified atom stereocenters. The number of hydrogen-bond acceptors (Lipinski definition) is 3. The van der Waals surface area contributed by atoms with Crippen molar-refractivity contribution in [2.45, 2.75) is 25.7 Å². The third kappa shape index (κ3) is 3.87. The maximum absolute atomic E-state index is 12.7. The van der Waals surface area contributed by atoms with Crippen LogP contribution >= 0.6 is 0 Å². The van der Waals surface area contributed by atoms with Crippen LogP contribution in [0.25, 0.3) is 0 Å². The van der Waals surface area contributed by atoms with E-state index < -0.39 is 5.97 Å². The van der Waals surface area contributed by atoms with E-state index in [0.29, 0.717) is 24.5 Å². The van der Waals surface area contributed by atoms with E-state index in [9.17, 15) is 9.59 Å². The molecule has 21 heavy (non-hydrogen) atoms. The fourth-order valence-corrected chi connectivity index (χ4v) is 2.56. The van der Waals surface area contributed by atoms with Gasteiger partial charge in [0.15, 0.2) is 0 Å². The van der Waals surface area contributed by atoms with Gasteiger partial charge in [0.05, 0.1) is 11.4 Å². The highest BCUT2D eigenvalue weighted by atomic mass is 16.4.